The van der Waals surface area contributed by atoms with E-state index in [1.165, 1.54) is 0 Å². The molecule has 186 valence electrons. The average molecular weight is 469 g/mol. The highest BCUT2D eigenvalue weighted by atomic mass is 19.3. The van der Waals surface area contributed by atoms with E-state index in [4.69, 9.17) is 9.47 Å². The van der Waals surface area contributed by atoms with Crippen LogP contribution in [0.4, 0.5) is 22.0 Å². The molecule has 0 aromatic rings. The maximum Gasteiger partial charge on any atom is 0.345 e. The zero-order valence-electron chi connectivity index (χ0n) is 18.8. The van der Waals surface area contributed by atoms with Crippen LogP contribution in [-0.2, 0) is 14.2 Å². The summed E-state index contributed by atoms with van der Waals surface area (Å²) in [5.41, 5.74) is 0. The molecule has 3 aliphatic carbocycles. The molecule has 5 atom stereocenters. The Morgan fingerprint density at radius 3 is 1.78 bits per heavy atom. The van der Waals surface area contributed by atoms with Crippen LogP contribution in [0.1, 0.15) is 64.7 Å². The highest BCUT2D eigenvalue weighted by Gasteiger charge is 2.47. The Labute approximate surface area is 187 Å². The van der Waals surface area contributed by atoms with Gasteiger partial charge in [-0.2, -0.15) is 8.78 Å². The molecular formula is C24H37F5O3. The minimum atomic E-state index is -3.20. The average Bonchev–Trinajstić information content (AvgIpc) is 2.76. The number of rotatable bonds is 5. The number of hydrogen-bond donors (Lipinski definition) is 0. The van der Waals surface area contributed by atoms with E-state index in [1.54, 1.807) is 0 Å². The second-order valence-corrected chi connectivity index (χ2v) is 10.7. The summed E-state index contributed by atoms with van der Waals surface area (Å²) in [5.74, 6) is 0.781. The Morgan fingerprint density at radius 1 is 0.688 bits per heavy atom. The van der Waals surface area contributed by atoms with E-state index in [1.807, 2.05) is 0 Å². The van der Waals surface area contributed by atoms with Gasteiger partial charge in [-0.3, -0.25) is 0 Å². The molecule has 4 fully saturated rings. The van der Waals surface area contributed by atoms with Crippen LogP contribution in [0.15, 0.2) is 0 Å². The molecule has 3 saturated carbocycles. The Morgan fingerprint density at radius 2 is 1.22 bits per heavy atom. The molecule has 3 nitrogen and oxygen atoms in total. The largest absolute Gasteiger partial charge is 0.352 e. The van der Waals surface area contributed by atoms with Crippen LogP contribution in [0.25, 0.3) is 0 Å². The fourth-order valence-corrected chi connectivity index (χ4v) is 6.71. The molecule has 0 radical (unpaired) electrons. The zero-order valence-corrected chi connectivity index (χ0v) is 18.8. The van der Waals surface area contributed by atoms with Crippen LogP contribution in [-0.4, -0.2) is 50.7 Å². The van der Waals surface area contributed by atoms with Gasteiger partial charge < -0.3 is 14.2 Å². The van der Waals surface area contributed by atoms with Crippen LogP contribution in [0.2, 0.25) is 0 Å². The summed E-state index contributed by atoms with van der Waals surface area (Å²) in [6.07, 6.45) is -0.694. The summed E-state index contributed by atoms with van der Waals surface area (Å²) in [7, 11) is 0. The first-order chi connectivity index (χ1) is 15.3. The molecule has 1 saturated heterocycles. The molecule has 32 heavy (non-hydrogen) atoms. The lowest BCUT2D eigenvalue weighted by molar-refractivity contribution is -0.227. The van der Waals surface area contributed by atoms with Gasteiger partial charge in [-0.15, -0.1) is 0 Å². The molecule has 4 rings (SSSR count). The van der Waals surface area contributed by atoms with Crippen molar-refractivity contribution in [2.75, 3.05) is 13.2 Å². The minimum Gasteiger partial charge on any atom is -0.352 e. The van der Waals surface area contributed by atoms with Crippen molar-refractivity contribution in [1.82, 2.24) is 0 Å². The van der Waals surface area contributed by atoms with Gasteiger partial charge >= 0.3 is 6.61 Å². The SMILES string of the molecule is CC1COC(C2CCC(C3CCC(C4CC(F)C(OC(F)F)C(F)C4)C(F)C3)CC2)OC1. The van der Waals surface area contributed by atoms with Crippen LogP contribution in [0, 0.1) is 35.5 Å². The highest BCUT2D eigenvalue weighted by molar-refractivity contribution is 4.95. The molecule has 8 heteroatoms. The van der Waals surface area contributed by atoms with E-state index < -0.39 is 43.1 Å². The topological polar surface area (TPSA) is 27.7 Å². The molecule has 4 aliphatic rings. The first-order valence-corrected chi connectivity index (χ1v) is 12.4. The van der Waals surface area contributed by atoms with Crippen LogP contribution >= 0.6 is 0 Å². The first kappa shape index (κ1) is 24.6. The van der Waals surface area contributed by atoms with Crippen molar-refractivity contribution in [3.63, 3.8) is 0 Å². The van der Waals surface area contributed by atoms with E-state index in [0.717, 1.165) is 45.3 Å². The van der Waals surface area contributed by atoms with Gasteiger partial charge in [-0.25, -0.2) is 13.2 Å². The van der Waals surface area contributed by atoms with Gasteiger partial charge in [0.25, 0.3) is 0 Å². The number of ether oxygens (including phenoxy) is 3. The highest BCUT2D eigenvalue weighted by Crippen LogP contribution is 2.48. The Hall–Kier alpha value is -0.470. The molecule has 0 bridgehead atoms. The molecule has 0 N–H and O–H groups in total. The molecule has 0 amide bonds. The van der Waals surface area contributed by atoms with E-state index in [-0.39, 0.29) is 19.1 Å². The van der Waals surface area contributed by atoms with E-state index in [9.17, 15) is 17.6 Å². The third-order valence-corrected chi connectivity index (χ3v) is 8.46. The monoisotopic (exact) mass is 468 g/mol. The predicted octanol–water partition coefficient (Wildman–Crippen LogP) is 6.25. The maximum atomic E-state index is 15.2. The van der Waals surface area contributed by atoms with Gasteiger partial charge in [0.15, 0.2) is 6.29 Å². The summed E-state index contributed by atoms with van der Waals surface area (Å²) in [4.78, 5) is 0. The van der Waals surface area contributed by atoms with Crippen LogP contribution < -0.4 is 0 Å². The van der Waals surface area contributed by atoms with Gasteiger partial charge in [0.05, 0.1) is 13.2 Å². The number of alkyl halides is 5. The molecule has 0 spiro atoms. The first-order valence-electron chi connectivity index (χ1n) is 12.4. The molecule has 1 heterocycles. The number of halogens is 5. The van der Waals surface area contributed by atoms with Crippen molar-refractivity contribution in [1.29, 1.82) is 0 Å². The second kappa shape index (κ2) is 10.9. The Kier molecular flexibility index (Phi) is 8.36. The van der Waals surface area contributed by atoms with E-state index in [2.05, 4.69) is 11.7 Å². The molecule has 1 aliphatic heterocycles. The third kappa shape index (κ3) is 5.77. The second-order valence-electron chi connectivity index (χ2n) is 10.7. The Balaban J connectivity index is 1.24. The smallest absolute Gasteiger partial charge is 0.345 e. The van der Waals surface area contributed by atoms with Gasteiger partial charge in [0.2, 0.25) is 0 Å². The summed E-state index contributed by atoms with van der Waals surface area (Å²) < 4.78 is 84.5. The van der Waals surface area contributed by atoms with Gasteiger partial charge in [0.1, 0.15) is 24.6 Å². The van der Waals surface area contributed by atoms with Gasteiger partial charge in [-0.1, -0.05) is 6.92 Å². The summed E-state index contributed by atoms with van der Waals surface area (Å²) in [6, 6.07) is 0. The van der Waals surface area contributed by atoms with Crippen molar-refractivity contribution in [2.24, 2.45) is 35.5 Å². The predicted molar refractivity (Wildman–Crippen MR) is 109 cm³/mol. The Bertz CT molecular complexity index is 568. The lowest BCUT2D eigenvalue weighted by atomic mass is 9.64. The van der Waals surface area contributed by atoms with Crippen molar-refractivity contribution in [2.45, 2.75) is 102 Å². The van der Waals surface area contributed by atoms with Gasteiger partial charge in [0, 0.05) is 11.8 Å². The fraction of sp³-hybridized carbons (Fsp3) is 1.00. The normalized spacial score (nSPS) is 48.7. The van der Waals surface area contributed by atoms with E-state index >= 15 is 4.39 Å². The lowest BCUT2D eigenvalue weighted by Crippen LogP contribution is -2.47. The van der Waals surface area contributed by atoms with Crippen molar-refractivity contribution < 1.29 is 36.2 Å². The molecule has 5 unspecified atom stereocenters. The van der Waals surface area contributed by atoms with Crippen LogP contribution in [0.3, 0.4) is 0 Å². The summed E-state index contributed by atoms with van der Waals surface area (Å²) in [5, 5.41) is 0. The van der Waals surface area contributed by atoms with Crippen molar-refractivity contribution in [3.05, 3.63) is 0 Å². The summed E-state index contributed by atoms with van der Waals surface area (Å²) >= 11 is 0. The quantitative estimate of drug-likeness (QED) is 0.447. The van der Waals surface area contributed by atoms with Crippen LogP contribution in [0.5, 0.6) is 0 Å². The number of hydrogen-bond acceptors (Lipinski definition) is 3. The molecule has 0 aromatic heterocycles. The van der Waals surface area contributed by atoms with Crippen molar-refractivity contribution in [3.8, 4) is 0 Å². The minimum absolute atomic E-state index is 0.0985. The fourth-order valence-electron chi connectivity index (χ4n) is 6.71. The maximum absolute atomic E-state index is 15.2. The van der Waals surface area contributed by atoms with Gasteiger partial charge in [-0.05, 0) is 81.5 Å². The standard InChI is InChI=1S/C24H37F5O3/c1-13-11-30-23(31-12-13)15-4-2-14(3-5-15)16-6-7-18(19(25)8-16)17-9-20(26)22(21(27)10-17)32-24(28)29/h13-24H,2-12H2,1H3. The zero-order chi connectivity index (χ0) is 22.8. The molecule has 0 aromatic carbocycles. The lowest BCUT2D eigenvalue weighted by Gasteiger charge is -2.44. The third-order valence-electron chi connectivity index (χ3n) is 8.46. The van der Waals surface area contributed by atoms with E-state index in [0.29, 0.717) is 36.5 Å². The summed E-state index contributed by atoms with van der Waals surface area (Å²) in [6.45, 7) is 0.398. The molecular weight excluding hydrogens is 431 g/mol. The van der Waals surface area contributed by atoms with Crippen molar-refractivity contribution >= 4 is 0 Å².